The van der Waals surface area contributed by atoms with Crippen molar-refractivity contribution in [2.24, 2.45) is 5.73 Å². The second-order valence-electron chi connectivity index (χ2n) is 4.96. The summed E-state index contributed by atoms with van der Waals surface area (Å²) in [7, 11) is 0. The fraction of sp³-hybridized carbons (Fsp3) is 0.200. The number of nitriles is 1. The Hall–Kier alpha value is -2.58. The van der Waals surface area contributed by atoms with E-state index in [9.17, 15) is 30.7 Å². The Labute approximate surface area is 153 Å². The van der Waals surface area contributed by atoms with Gasteiger partial charge in [0.1, 0.15) is 6.07 Å². The summed E-state index contributed by atoms with van der Waals surface area (Å²) >= 11 is 0. The third-order valence-electron chi connectivity index (χ3n) is 3.17. The lowest BCUT2D eigenvalue weighted by atomic mass is 10.0. The van der Waals surface area contributed by atoms with Crippen molar-refractivity contribution in [1.29, 1.82) is 5.26 Å². The van der Waals surface area contributed by atoms with Crippen LogP contribution in [-0.2, 0) is 6.18 Å². The molecule has 2 aromatic rings. The van der Waals surface area contributed by atoms with Gasteiger partial charge >= 0.3 is 12.5 Å². The van der Waals surface area contributed by atoms with Gasteiger partial charge in [0.25, 0.3) is 0 Å². The van der Waals surface area contributed by atoms with Gasteiger partial charge in [0, 0.05) is 0 Å². The van der Waals surface area contributed by atoms with Crippen molar-refractivity contribution >= 4 is 12.4 Å². The molecule has 146 valence electrons. The lowest BCUT2D eigenvalue weighted by Gasteiger charge is -2.16. The highest BCUT2D eigenvalue weighted by Gasteiger charge is 2.36. The summed E-state index contributed by atoms with van der Waals surface area (Å²) in [5.41, 5.74) is 3.04. The third-order valence-corrected chi connectivity index (χ3v) is 3.17. The van der Waals surface area contributed by atoms with Crippen molar-refractivity contribution in [3.63, 3.8) is 0 Å². The molecule has 0 saturated heterocycles. The van der Waals surface area contributed by atoms with Gasteiger partial charge in [-0.1, -0.05) is 6.07 Å². The van der Waals surface area contributed by atoms with Crippen LogP contribution in [-0.4, -0.2) is 11.3 Å². The second-order valence-corrected chi connectivity index (χ2v) is 4.96. The van der Waals surface area contributed by atoms with Gasteiger partial charge < -0.3 is 10.5 Å². The van der Waals surface area contributed by atoms with Gasteiger partial charge in [-0.2, -0.15) is 18.4 Å². The van der Waals surface area contributed by atoms with E-state index >= 15 is 0 Å². The Morgan fingerprint density at radius 1 is 1.07 bits per heavy atom. The third kappa shape index (κ3) is 5.45. The molecule has 0 aliphatic rings. The van der Waals surface area contributed by atoms with Crippen LogP contribution in [0.5, 0.6) is 5.75 Å². The van der Waals surface area contributed by atoms with E-state index in [2.05, 4.69) is 9.72 Å². The minimum Gasteiger partial charge on any atom is -0.403 e. The number of aromatic nitrogens is 1. The lowest BCUT2D eigenvalue weighted by Crippen LogP contribution is -2.19. The zero-order chi connectivity index (χ0) is 19.7. The number of rotatable bonds is 3. The number of benzene rings is 1. The van der Waals surface area contributed by atoms with Gasteiger partial charge in [-0.25, -0.2) is 9.37 Å². The zero-order valence-electron chi connectivity index (χ0n) is 12.9. The number of halogens is 8. The first kappa shape index (κ1) is 22.5. The second kappa shape index (κ2) is 7.98. The minimum atomic E-state index is -5.11. The smallest absolute Gasteiger partial charge is 0.403 e. The summed E-state index contributed by atoms with van der Waals surface area (Å²) in [5, 5.41) is 8.71. The van der Waals surface area contributed by atoms with Crippen molar-refractivity contribution in [2.75, 3.05) is 0 Å². The van der Waals surface area contributed by atoms with E-state index in [1.54, 1.807) is 0 Å². The van der Waals surface area contributed by atoms with Crippen LogP contribution in [0.2, 0.25) is 0 Å². The summed E-state index contributed by atoms with van der Waals surface area (Å²) < 4.78 is 92.3. The maximum atomic E-state index is 13.7. The van der Waals surface area contributed by atoms with Crippen molar-refractivity contribution in [2.45, 2.75) is 18.6 Å². The highest BCUT2D eigenvalue weighted by molar-refractivity contribution is 5.85. The first-order valence-corrected chi connectivity index (χ1v) is 6.71. The quantitative estimate of drug-likeness (QED) is 0.750. The van der Waals surface area contributed by atoms with Crippen LogP contribution in [0.3, 0.4) is 0 Å². The monoisotopic (exact) mass is 415 g/mol. The molecule has 2 rings (SSSR count). The largest absolute Gasteiger partial charge is 0.573 e. The van der Waals surface area contributed by atoms with Crippen molar-refractivity contribution in [1.82, 2.24) is 4.98 Å². The van der Waals surface area contributed by atoms with E-state index in [1.165, 1.54) is 6.07 Å². The normalized spacial score (nSPS) is 12.7. The summed E-state index contributed by atoms with van der Waals surface area (Å²) in [6.45, 7) is 0. The van der Waals surface area contributed by atoms with E-state index in [1.807, 2.05) is 0 Å². The Morgan fingerprint density at radius 2 is 1.70 bits per heavy atom. The lowest BCUT2D eigenvalue weighted by molar-refractivity contribution is -0.275. The fourth-order valence-corrected chi connectivity index (χ4v) is 2.04. The molecule has 0 radical (unpaired) electrons. The first-order chi connectivity index (χ1) is 11.9. The van der Waals surface area contributed by atoms with Gasteiger partial charge in [0.2, 0.25) is 0 Å². The van der Waals surface area contributed by atoms with Crippen LogP contribution in [0.15, 0.2) is 30.3 Å². The highest BCUT2D eigenvalue weighted by Crippen LogP contribution is 2.33. The molecule has 27 heavy (non-hydrogen) atoms. The molecule has 1 heterocycles. The standard InChI is InChI=1S/C15H8F7N3O.ClH/c16-9-5-7(2-4-11(9)26-15(20,21)22)12(24)10-3-1-8(6-23)13(25-10)14(17,18)19;/h1-5,12H,24H2;1H. The van der Waals surface area contributed by atoms with Crippen molar-refractivity contribution < 1.29 is 35.5 Å². The molecule has 1 atom stereocenters. The number of ether oxygens (including phenoxy) is 1. The molecule has 0 aliphatic carbocycles. The van der Waals surface area contributed by atoms with Crippen LogP contribution < -0.4 is 10.5 Å². The molecule has 1 aromatic heterocycles. The van der Waals surface area contributed by atoms with Gasteiger partial charge in [-0.15, -0.1) is 25.6 Å². The Kier molecular flexibility index (Phi) is 6.63. The van der Waals surface area contributed by atoms with E-state index < -0.39 is 41.4 Å². The molecule has 0 amide bonds. The van der Waals surface area contributed by atoms with E-state index in [0.717, 1.165) is 18.2 Å². The molecule has 12 heteroatoms. The predicted octanol–water partition coefficient (Wildman–Crippen LogP) is 4.48. The van der Waals surface area contributed by atoms with Gasteiger partial charge in [-0.05, 0) is 29.8 Å². The molecule has 0 saturated carbocycles. The van der Waals surface area contributed by atoms with Crippen molar-refractivity contribution in [3.05, 3.63) is 58.7 Å². The fourth-order valence-electron chi connectivity index (χ4n) is 2.04. The van der Waals surface area contributed by atoms with Crippen LogP contribution in [0.1, 0.15) is 28.6 Å². The molecular weight excluding hydrogens is 407 g/mol. The number of hydrogen-bond acceptors (Lipinski definition) is 4. The van der Waals surface area contributed by atoms with Crippen LogP contribution in [0.25, 0.3) is 0 Å². The highest BCUT2D eigenvalue weighted by atomic mass is 35.5. The van der Waals surface area contributed by atoms with E-state index in [4.69, 9.17) is 11.0 Å². The summed E-state index contributed by atoms with van der Waals surface area (Å²) in [6, 6.07) is 4.05. The summed E-state index contributed by atoms with van der Waals surface area (Å²) in [6.07, 6.45) is -10.0. The van der Waals surface area contributed by atoms with E-state index in [-0.39, 0.29) is 23.7 Å². The number of alkyl halides is 6. The van der Waals surface area contributed by atoms with Crippen LogP contribution >= 0.6 is 12.4 Å². The van der Waals surface area contributed by atoms with Gasteiger partial charge in [0.05, 0.1) is 17.3 Å². The molecule has 0 aliphatic heterocycles. The predicted molar refractivity (Wildman–Crippen MR) is 80.3 cm³/mol. The summed E-state index contributed by atoms with van der Waals surface area (Å²) in [5.74, 6) is -2.52. The Bertz CT molecular complexity index is 862. The zero-order valence-corrected chi connectivity index (χ0v) is 13.7. The number of pyridine rings is 1. The van der Waals surface area contributed by atoms with Crippen LogP contribution in [0, 0.1) is 17.1 Å². The number of nitrogens with zero attached hydrogens (tertiary/aromatic N) is 2. The molecule has 0 bridgehead atoms. The number of nitrogens with two attached hydrogens (primary N) is 1. The average molecular weight is 416 g/mol. The molecule has 0 fully saturated rings. The molecule has 2 N–H and O–H groups in total. The Morgan fingerprint density at radius 3 is 2.19 bits per heavy atom. The maximum Gasteiger partial charge on any atom is 0.573 e. The van der Waals surface area contributed by atoms with E-state index in [0.29, 0.717) is 12.1 Å². The SMILES string of the molecule is Cl.N#Cc1ccc(C(N)c2ccc(OC(F)(F)F)c(F)c2)nc1C(F)(F)F. The Balaban J connectivity index is 0.00000364. The maximum absolute atomic E-state index is 13.7. The molecule has 4 nitrogen and oxygen atoms in total. The topological polar surface area (TPSA) is 71.9 Å². The first-order valence-electron chi connectivity index (χ1n) is 6.71. The molecule has 0 spiro atoms. The van der Waals surface area contributed by atoms with Gasteiger partial charge in [0.15, 0.2) is 17.3 Å². The van der Waals surface area contributed by atoms with Crippen molar-refractivity contribution in [3.8, 4) is 11.8 Å². The molecule has 1 unspecified atom stereocenters. The minimum absolute atomic E-state index is 0. The molecular formula is C15H9ClF7N3O. The summed E-state index contributed by atoms with van der Waals surface area (Å²) in [4.78, 5) is 3.30. The number of hydrogen-bond donors (Lipinski definition) is 1. The average Bonchev–Trinajstić information content (AvgIpc) is 2.53. The van der Waals surface area contributed by atoms with Gasteiger partial charge in [-0.3, -0.25) is 0 Å². The van der Waals surface area contributed by atoms with Crippen LogP contribution in [0.4, 0.5) is 30.7 Å². The molecule has 1 aromatic carbocycles.